The number of hydrogen-bond acceptors (Lipinski definition) is 1. The van der Waals surface area contributed by atoms with E-state index in [1.807, 2.05) is 0 Å². The summed E-state index contributed by atoms with van der Waals surface area (Å²) in [5.74, 6) is 1.59. The van der Waals surface area contributed by atoms with Crippen molar-refractivity contribution in [1.29, 1.82) is 0 Å². The molecule has 0 aromatic carbocycles. The summed E-state index contributed by atoms with van der Waals surface area (Å²) in [6, 6.07) is 0. The van der Waals surface area contributed by atoms with Crippen molar-refractivity contribution >= 4 is 6.29 Å². The van der Waals surface area contributed by atoms with E-state index >= 15 is 0 Å². The van der Waals surface area contributed by atoms with Crippen LogP contribution in [0.1, 0.15) is 33.1 Å². The summed E-state index contributed by atoms with van der Waals surface area (Å²) in [5.41, 5.74) is 0. The Morgan fingerprint density at radius 1 is 1.20 bits per heavy atom. The monoisotopic (exact) mass is 140 g/mol. The van der Waals surface area contributed by atoms with Gasteiger partial charge in [0.15, 0.2) is 0 Å². The van der Waals surface area contributed by atoms with Gasteiger partial charge in [0.1, 0.15) is 6.29 Å². The maximum atomic E-state index is 10.6. The highest BCUT2D eigenvalue weighted by atomic mass is 16.1. The van der Waals surface area contributed by atoms with Crippen molar-refractivity contribution in [2.75, 3.05) is 0 Å². The molecule has 0 N–H and O–H groups in total. The zero-order valence-corrected chi connectivity index (χ0v) is 6.84. The molecule has 0 aromatic rings. The minimum atomic E-state index is 0.341. The Morgan fingerprint density at radius 2 is 1.70 bits per heavy atom. The number of rotatable bonds is 1. The van der Waals surface area contributed by atoms with Crippen molar-refractivity contribution in [1.82, 2.24) is 0 Å². The second kappa shape index (κ2) is 3.18. The number of aldehydes is 1. The van der Waals surface area contributed by atoms with Crippen LogP contribution in [0.15, 0.2) is 0 Å². The van der Waals surface area contributed by atoms with Gasteiger partial charge in [-0.05, 0) is 11.8 Å². The molecule has 2 atom stereocenters. The van der Waals surface area contributed by atoms with Crippen LogP contribution in [0.4, 0.5) is 0 Å². The number of hydrogen-bond donors (Lipinski definition) is 0. The molecular formula is C9H16O. The molecule has 1 saturated carbocycles. The van der Waals surface area contributed by atoms with E-state index in [-0.39, 0.29) is 0 Å². The first-order chi connectivity index (χ1) is 4.75. The van der Waals surface area contributed by atoms with E-state index in [9.17, 15) is 4.79 Å². The van der Waals surface area contributed by atoms with E-state index in [0.717, 1.165) is 6.29 Å². The largest absolute Gasteiger partial charge is 0.303 e. The molecule has 1 heteroatoms. The van der Waals surface area contributed by atoms with Gasteiger partial charge in [-0.1, -0.05) is 33.1 Å². The van der Waals surface area contributed by atoms with E-state index in [4.69, 9.17) is 0 Å². The van der Waals surface area contributed by atoms with Crippen LogP contribution in [0, 0.1) is 17.8 Å². The van der Waals surface area contributed by atoms with Gasteiger partial charge in [-0.25, -0.2) is 0 Å². The fraction of sp³-hybridized carbons (Fsp3) is 0.889. The SMILES string of the molecule is CC1CCCC(C)C1C=O. The van der Waals surface area contributed by atoms with Crippen LogP contribution in [0.2, 0.25) is 0 Å². The third kappa shape index (κ3) is 1.39. The molecule has 0 radical (unpaired) electrons. The third-order valence-electron chi connectivity index (χ3n) is 2.79. The summed E-state index contributed by atoms with van der Waals surface area (Å²) >= 11 is 0. The average molecular weight is 140 g/mol. The van der Waals surface area contributed by atoms with Gasteiger partial charge in [-0.3, -0.25) is 0 Å². The Bertz CT molecular complexity index is 110. The first-order valence-corrected chi connectivity index (χ1v) is 4.21. The molecule has 0 spiro atoms. The zero-order valence-electron chi connectivity index (χ0n) is 6.84. The van der Waals surface area contributed by atoms with E-state index in [1.54, 1.807) is 0 Å². The predicted molar refractivity (Wildman–Crippen MR) is 41.7 cm³/mol. The standard InChI is InChI=1S/C9H16O/c1-7-4-3-5-8(2)9(7)6-10/h6-9H,3-5H2,1-2H3. The molecule has 0 aromatic heterocycles. The van der Waals surface area contributed by atoms with Crippen LogP contribution < -0.4 is 0 Å². The molecular weight excluding hydrogens is 124 g/mol. The van der Waals surface area contributed by atoms with Gasteiger partial charge in [0.25, 0.3) is 0 Å². The van der Waals surface area contributed by atoms with Crippen molar-refractivity contribution in [3.8, 4) is 0 Å². The summed E-state index contributed by atoms with van der Waals surface area (Å²) in [5, 5.41) is 0. The van der Waals surface area contributed by atoms with E-state index in [0.29, 0.717) is 17.8 Å². The second-order valence-electron chi connectivity index (χ2n) is 3.60. The summed E-state index contributed by atoms with van der Waals surface area (Å²) < 4.78 is 0. The summed E-state index contributed by atoms with van der Waals surface area (Å²) in [6.45, 7) is 4.38. The molecule has 0 amide bonds. The summed E-state index contributed by atoms with van der Waals surface area (Å²) in [6.07, 6.45) is 4.95. The lowest BCUT2D eigenvalue weighted by molar-refractivity contribution is -0.114. The maximum absolute atomic E-state index is 10.6. The highest BCUT2D eigenvalue weighted by Gasteiger charge is 2.26. The summed E-state index contributed by atoms with van der Waals surface area (Å²) in [4.78, 5) is 10.6. The molecule has 0 bridgehead atoms. The Morgan fingerprint density at radius 3 is 2.00 bits per heavy atom. The first kappa shape index (κ1) is 7.77. The fourth-order valence-corrected chi connectivity index (χ4v) is 1.98. The minimum Gasteiger partial charge on any atom is -0.303 e. The van der Waals surface area contributed by atoms with E-state index in [2.05, 4.69) is 13.8 Å². The molecule has 2 unspecified atom stereocenters. The highest BCUT2D eigenvalue weighted by Crippen LogP contribution is 2.32. The van der Waals surface area contributed by atoms with Gasteiger partial charge in [0.2, 0.25) is 0 Å². The zero-order chi connectivity index (χ0) is 7.56. The van der Waals surface area contributed by atoms with E-state index in [1.165, 1.54) is 19.3 Å². The van der Waals surface area contributed by atoms with Crippen LogP contribution in [-0.2, 0) is 4.79 Å². The van der Waals surface area contributed by atoms with Gasteiger partial charge in [-0.15, -0.1) is 0 Å². The van der Waals surface area contributed by atoms with Crippen LogP contribution in [0.5, 0.6) is 0 Å². The lowest BCUT2D eigenvalue weighted by Crippen LogP contribution is -2.25. The normalized spacial score (nSPS) is 41.2. The molecule has 1 fully saturated rings. The molecule has 58 valence electrons. The van der Waals surface area contributed by atoms with Crippen molar-refractivity contribution < 1.29 is 4.79 Å². The molecule has 0 saturated heterocycles. The lowest BCUT2D eigenvalue weighted by atomic mass is 9.74. The molecule has 1 aliphatic carbocycles. The molecule has 1 rings (SSSR count). The maximum Gasteiger partial charge on any atom is 0.123 e. The topological polar surface area (TPSA) is 17.1 Å². The Kier molecular flexibility index (Phi) is 2.47. The van der Waals surface area contributed by atoms with E-state index < -0.39 is 0 Å². The number of carbonyl (C=O) groups is 1. The highest BCUT2D eigenvalue weighted by molar-refractivity contribution is 5.54. The quantitative estimate of drug-likeness (QED) is 0.510. The fourth-order valence-electron chi connectivity index (χ4n) is 1.98. The summed E-state index contributed by atoms with van der Waals surface area (Å²) in [7, 11) is 0. The van der Waals surface area contributed by atoms with Crippen LogP contribution in [0.3, 0.4) is 0 Å². The third-order valence-corrected chi connectivity index (χ3v) is 2.79. The van der Waals surface area contributed by atoms with Crippen molar-refractivity contribution in [3.05, 3.63) is 0 Å². The lowest BCUT2D eigenvalue weighted by Gasteiger charge is -2.30. The molecule has 10 heavy (non-hydrogen) atoms. The predicted octanol–water partition coefficient (Wildman–Crippen LogP) is 2.26. The van der Waals surface area contributed by atoms with Gasteiger partial charge < -0.3 is 4.79 Å². The molecule has 1 aliphatic rings. The van der Waals surface area contributed by atoms with Gasteiger partial charge in [0, 0.05) is 5.92 Å². The van der Waals surface area contributed by atoms with Crippen molar-refractivity contribution in [3.63, 3.8) is 0 Å². The minimum absolute atomic E-state index is 0.341. The van der Waals surface area contributed by atoms with Gasteiger partial charge >= 0.3 is 0 Å². The average Bonchev–Trinajstić information content (AvgIpc) is 1.88. The molecule has 0 heterocycles. The Labute approximate surface area is 62.8 Å². The van der Waals surface area contributed by atoms with Crippen molar-refractivity contribution in [2.45, 2.75) is 33.1 Å². The molecule has 1 nitrogen and oxygen atoms in total. The van der Waals surface area contributed by atoms with Crippen LogP contribution >= 0.6 is 0 Å². The Balaban J connectivity index is 2.53. The smallest absolute Gasteiger partial charge is 0.123 e. The number of carbonyl (C=O) groups excluding carboxylic acids is 1. The molecule has 0 aliphatic heterocycles. The van der Waals surface area contributed by atoms with Crippen LogP contribution in [-0.4, -0.2) is 6.29 Å². The van der Waals surface area contributed by atoms with Gasteiger partial charge in [0.05, 0.1) is 0 Å². The van der Waals surface area contributed by atoms with Crippen LogP contribution in [0.25, 0.3) is 0 Å². The second-order valence-corrected chi connectivity index (χ2v) is 3.60. The van der Waals surface area contributed by atoms with Gasteiger partial charge in [-0.2, -0.15) is 0 Å². The first-order valence-electron chi connectivity index (χ1n) is 4.21. The van der Waals surface area contributed by atoms with Crippen molar-refractivity contribution in [2.24, 2.45) is 17.8 Å². The Hall–Kier alpha value is -0.330.